The van der Waals surface area contributed by atoms with E-state index in [0.717, 1.165) is 16.6 Å². The first-order chi connectivity index (χ1) is 13.3. The highest BCUT2D eigenvalue weighted by atomic mass is 79.9. The van der Waals surface area contributed by atoms with E-state index >= 15 is 0 Å². The number of carbonyl (C=O) groups excluding carboxylic acids is 1. The molecule has 0 fully saturated rings. The quantitative estimate of drug-likeness (QED) is 0.347. The van der Waals surface area contributed by atoms with Gasteiger partial charge in [-0.1, -0.05) is 34.7 Å². The summed E-state index contributed by atoms with van der Waals surface area (Å²) in [7, 11) is 0. The lowest BCUT2D eigenvalue weighted by atomic mass is 10.2. The molecule has 0 aromatic heterocycles. The molecular weight excluding hydrogens is 439 g/mol. The van der Waals surface area contributed by atoms with Crippen molar-refractivity contribution in [3.8, 4) is 5.75 Å². The van der Waals surface area contributed by atoms with Crippen molar-refractivity contribution in [2.75, 3.05) is 18.5 Å². The van der Waals surface area contributed by atoms with Crippen molar-refractivity contribution in [3.05, 3.63) is 70.7 Å². The molecule has 0 aliphatic carbocycles. The Balaban J connectivity index is 1.92. The van der Waals surface area contributed by atoms with Gasteiger partial charge in [0.05, 0.1) is 18.3 Å². The Morgan fingerprint density at radius 2 is 2.04 bits per heavy atom. The normalized spacial score (nSPS) is 11.3. The van der Waals surface area contributed by atoms with Crippen molar-refractivity contribution < 1.29 is 22.7 Å². The summed E-state index contributed by atoms with van der Waals surface area (Å²) in [6.45, 7) is 3.65. The van der Waals surface area contributed by atoms with Gasteiger partial charge in [-0.3, -0.25) is 4.79 Å². The van der Waals surface area contributed by atoms with Crippen LogP contribution in [0.2, 0.25) is 0 Å². The van der Waals surface area contributed by atoms with Crippen LogP contribution in [0.15, 0.2) is 64.7 Å². The molecule has 0 bridgehead atoms. The molecule has 148 valence electrons. The van der Waals surface area contributed by atoms with Gasteiger partial charge in [-0.15, -0.1) is 0 Å². The maximum absolute atomic E-state index is 12.7. The van der Waals surface area contributed by atoms with Gasteiger partial charge in [0.15, 0.2) is 0 Å². The van der Waals surface area contributed by atoms with Gasteiger partial charge < -0.3 is 10.1 Å². The number of rotatable bonds is 8. The van der Waals surface area contributed by atoms with Crippen molar-refractivity contribution in [3.63, 3.8) is 0 Å². The van der Waals surface area contributed by atoms with Crippen LogP contribution in [0.5, 0.6) is 5.75 Å². The Labute approximate surface area is 168 Å². The molecule has 0 radical (unpaired) electrons. The third-order valence-corrected chi connectivity index (χ3v) is 3.86. The fraction of sp³-hybridized carbons (Fsp3) is 0.158. The number of hydrogen-bond donors (Lipinski definition) is 2. The smallest absolute Gasteiger partial charge is 0.416 e. The predicted octanol–water partition coefficient (Wildman–Crippen LogP) is 4.59. The number of hydrazone groups is 1. The van der Waals surface area contributed by atoms with Gasteiger partial charge in [-0.25, -0.2) is 5.43 Å². The topological polar surface area (TPSA) is 62.7 Å². The number of carbonyl (C=O) groups is 1. The summed E-state index contributed by atoms with van der Waals surface area (Å²) in [5, 5.41) is 6.47. The molecule has 0 aliphatic heterocycles. The second kappa shape index (κ2) is 9.93. The van der Waals surface area contributed by atoms with E-state index < -0.39 is 17.6 Å². The van der Waals surface area contributed by atoms with Crippen LogP contribution < -0.4 is 15.5 Å². The molecular formula is C19H17BrF3N3O2. The molecule has 2 N–H and O–H groups in total. The first-order valence-electron chi connectivity index (χ1n) is 8.06. The van der Waals surface area contributed by atoms with Crippen LogP contribution >= 0.6 is 15.9 Å². The van der Waals surface area contributed by atoms with Crippen molar-refractivity contribution in [2.45, 2.75) is 6.18 Å². The SMILES string of the molecule is C=CCOc1ccc(Br)cc1/C=N\NC(=O)CNc1cccc(C(F)(F)F)c1. The van der Waals surface area contributed by atoms with Gasteiger partial charge in [-0.05, 0) is 36.4 Å². The van der Waals surface area contributed by atoms with Crippen LogP contribution in [0.25, 0.3) is 0 Å². The Bertz CT molecular complexity index is 870. The van der Waals surface area contributed by atoms with E-state index in [-0.39, 0.29) is 12.2 Å². The minimum Gasteiger partial charge on any atom is -0.489 e. The van der Waals surface area contributed by atoms with Crippen LogP contribution in [0, 0.1) is 0 Å². The summed E-state index contributed by atoms with van der Waals surface area (Å²) in [5.41, 5.74) is 2.32. The Hall–Kier alpha value is -2.81. The highest BCUT2D eigenvalue weighted by molar-refractivity contribution is 9.10. The minimum atomic E-state index is -4.44. The minimum absolute atomic E-state index is 0.182. The number of halogens is 4. The number of amides is 1. The average Bonchev–Trinajstić information content (AvgIpc) is 2.65. The summed E-state index contributed by atoms with van der Waals surface area (Å²) in [4.78, 5) is 11.8. The maximum Gasteiger partial charge on any atom is 0.416 e. The molecule has 0 saturated carbocycles. The van der Waals surface area contributed by atoms with Crippen LogP contribution in [-0.4, -0.2) is 25.3 Å². The van der Waals surface area contributed by atoms with E-state index in [0.29, 0.717) is 17.9 Å². The van der Waals surface area contributed by atoms with Gasteiger partial charge in [0.2, 0.25) is 0 Å². The van der Waals surface area contributed by atoms with E-state index in [1.54, 1.807) is 24.3 Å². The summed E-state index contributed by atoms with van der Waals surface area (Å²) >= 11 is 3.34. The van der Waals surface area contributed by atoms with Crippen molar-refractivity contribution in [1.82, 2.24) is 5.43 Å². The van der Waals surface area contributed by atoms with Gasteiger partial charge in [0.1, 0.15) is 12.4 Å². The molecule has 5 nitrogen and oxygen atoms in total. The zero-order valence-electron chi connectivity index (χ0n) is 14.6. The molecule has 0 heterocycles. The first kappa shape index (κ1) is 21.5. The lowest BCUT2D eigenvalue weighted by Crippen LogP contribution is -2.26. The third kappa shape index (κ3) is 6.73. The van der Waals surface area contributed by atoms with E-state index in [4.69, 9.17) is 4.74 Å². The summed E-state index contributed by atoms with van der Waals surface area (Å²) in [5.74, 6) is 0.0420. The largest absolute Gasteiger partial charge is 0.489 e. The molecule has 28 heavy (non-hydrogen) atoms. The van der Waals surface area contributed by atoms with Crippen LogP contribution in [0.4, 0.5) is 18.9 Å². The number of nitrogens with one attached hydrogen (secondary N) is 2. The fourth-order valence-corrected chi connectivity index (χ4v) is 2.48. The maximum atomic E-state index is 12.7. The highest BCUT2D eigenvalue weighted by Gasteiger charge is 2.30. The summed E-state index contributed by atoms with van der Waals surface area (Å²) in [6, 6.07) is 9.89. The third-order valence-electron chi connectivity index (χ3n) is 3.36. The number of alkyl halides is 3. The molecule has 9 heteroatoms. The van der Waals surface area contributed by atoms with E-state index in [1.807, 2.05) is 0 Å². The van der Waals surface area contributed by atoms with Crippen molar-refractivity contribution in [1.29, 1.82) is 0 Å². The molecule has 0 saturated heterocycles. The summed E-state index contributed by atoms with van der Waals surface area (Å²) in [6.07, 6.45) is -1.44. The van der Waals surface area contributed by atoms with Crippen molar-refractivity contribution >= 4 is 33.7 Å². The van der Waals surface area contributed by atoms with Gasteiger partial charge in [-0.2, -0.15) is 18.3 Å². The molecule has 0 spiro atoms. The molecule has 2 rings (SSSR count). The number of nitrogens with zero attached hydrogens (tertiary/aromatic N) is 1. The van der Waals surface area contributed by atoms with Gasteiger partial charge >= 0.3 is 6.18 Å². The monoisotopic (exact) mass is 455 g/mol. The lowest BCUT2D eigenvalue weighted by molar-refractivity contribution is -0.137. The zero-order valence-corrected chi connectivity index (χ0v) is 16.2. The van der Waals surface area contributed by atoms with Crippen molar-refractivity contribution in [2.24, 2.45) is 5.10 Å². The second-order valence-corrected chi connectivity index (χ2v) is 6.42. The lowest BCUT2D eigenvalue weighted by Gasteiger charge is -2.10. The van der Waals surface area contributed by atoms with E-state index in [2.05, 4.69) is 38.4 Å². The van der Waals surface area contributed by atoms with Crippen LogP contribution in [0.1, 0.15) is 11.1 Å². The predicted molar refractivity (Wildman–Crippen MR) is 106 cm³/mol. The number of ether oxygens (including phenoxy) is 1. The Kier molecular flexibility index (Phi) is 7.62. The van der Waals surface area contributed by atoms with Crippen LogP contribution in [0.3, 0.4) is 0 Å². The van der Waals surface area contributed by atoms with Gasteiger partial charge in [0.25, 0.3) is 5.91 Å². The Morgan fingerprint density at radius 1 is 1.25 bits per heavy atom. The zero-order chi connectivity index (χ0) is 20.6. The molecule has 1 amide bonds. The Morgan fingerprint density at radius 3 is 2.75 bits per heavy atom. The number of benzene rings is 2. The average molecular weight is 456 g/mol. The molecule has 0 atom stereocenters. The second-order valence-electron chi connectivity index (χ2n) is 5.51. The van der Waals surface area contributed by atoms with Crippen LogP contribution in [-0.2, 0) is 11.0 Å². The standard InChI is InChI=1S/C19H17BrF3N3O2/c1-2-8-28-17-7-6-15(20)9-13(17)11-25-26-18(27)12-24-16-5-3-4-14(10-16)19(21,22)23/h2-7,9-11,24H,1,8,12H2,(H,26,27)/b25-11-. The highest BCUT2D eigenvalue weighted by Crippen LogP contribution is 2.30. The van der Waals surface area contributed by atoms with E-state index in [9.17, 15) is 18.0 Å². The molecule has 0 aliphatic rings. The molecule has 2 aromatic carbocycles. The fourth-order valence-electron chi connectivity index (χ4n) is 2.10. The molecule has 2 aromatic rings. The van der Waals surface area contributed by atoms with E-state index in [1.165, 1.54) is 18.3 Å². The number of anilines is 1. The first-order valence-corrected chi connectivity index (χ1v) is 8.85. The van der Waals surface area contributed by atoms with Gasteiger partial charge in [0, 0.05) is 15.7 Å². The molecule has 0 unspecified atom stereocenters. The number of hydrogen-bond acceptors (Lipinski definition) is 4. The summed E-state index contributed by atoms with van der Waals surface area (Å²) < 4.78 is 44.4.